The van der Waals surface area contributed by atoms with Crippen LogP contribution in [0.4, 0.5) is 0 Å². The molecule has 1 aromatic heterocycles. The van der Waals surface area contributed by atoms with Gasteiger partial charge in [-0.2, -0.15) is 11.8 Å². The van der Waals surface area contributed by atoms with Crippen LogP contribution in [0.5, 0.6) is 0 Å². The van der Waals surface area contributed by atoms with Gasteiger partial charge in [-0.3, -0.25) is 4.79 Å². The molecule has 0 spiro atoms. The molecule has 0 unspecified atom stereocenters. The zero-order valence-electron chi connectivity index (χ0n) is 14.2. The highest BCUT2D eigenvalue weighted by molar-refractivity contribution is 7.98. The van der Waals surface area contributed by atoms with Crippen LogP contribution in [0, 0.1) is 18.8 Å². The van der Waals surface area contributed by atoms with Crippen molar-refractivity contribution in [2.24, 2.45) is 17.6 Å². The maximum atomic E-state index is 12.7. The van der Waals surface area contributed by atoms with Crippen LogP contribution in [0.25, 0.3) is 0 Å². The Balaban J connectivity index is 1.59. The lowest BCUT2D eigenvalue weighted by Crippen LogP contribution is -2.32. The number of furan rings is 1. The molecule has 5 heteroatoms. The third-order valence-corrected chi connectivity index (χ3v) is 6.15. The number of aryl methyl sites for hydroxylation is 1. The molecule has 2 N–H and O–H groups in total. The maximum absolute atomic E-state index is 12.7. The molecule has 0 radical (unpaired) electrons. The SMILES string of the molecule is CCCCSCc1cc(C(=O)N2C[C@H](C3CC3)[C@@H](N)C2)oc1C. The highest BCUT2D eigenvalue weighted by Gasteiger charge is 2.42. The molecule has 1 saturated carbocycles. The Labute approximate surface area is 143 Å². The molecule has 2 fully saturated rings. The van der Waals surface area contributed by atoms with E-state index in [1.165, 1.54) is 25.7 Å². The number of thioether (sulfide) groups is 1. The molecule has 1 aromatic rings. The Morgan fingerprint density at radius 3 is 2.91 bits per heavy atom. The molecule has 1 aliphatic carbocycles. The Hall–Kier alpha value is -0.940. The standard InChI is InChI=1S/C18H28N2O2S/c1-3-4-7-23-11-14-8-17(22-12(14)2)18(21)20-9-15(13-5-6-13)16(19)10-20/h8,13,15-16H,3-7,9-11,19H2,1-2H3/t15-,16+/m1/s1. The molecule has 4 nitrogen and oxygen atoms in total. The number of likely N-dealkylation sites (tertiary alicyclic amines) is 1. The van der Waals surface area contributed by atoms with Crippen LogP contribution in [0.1, 0.15) is 54.5 Å². The maximum Gasteiger partial charge on any atom is 0.289 e. The summed E-state index contributed by atoms with van der Waals surface area (Å²) >= 11 is 1.91. The molecule has 23 heavy (non-hydrogen) atoms. The summed E-state index contributed by atoms with van der Waals surface area (Å²) in [6.07, 6.45) is 5.01. The van der Waals surface area contributed by atoms with Crippen molar-refractivity contribution >= 4 is 17.7 Å². The molecule has 1 saturated heterocycles. The minimum atomic E-state index is 0.0107. The molecule has 1 amide bonds. The van der Waals surface area contributed by atoms with Crippen molar-refractivity contribution in [1.29, 1.82) is 0 Å². The first-order valence-corrected chi connectivity index (χ1v) is 9.97. The highest BCUT2D eigenvalue weighted by Crippen LogP contribution is 2.41. The fourth-order valence-electron chi connectivity index (χ4n) is 3.40. The second-order valence-electron chi connectivity index (χ2n) is 6.97. The summed E-state index contributed by atoms with van der Waals surface area (Å²) < 4.78 is 5.75. The number of carbonyl (C=O) groups is 1. The van der Waals surface area contributed by atoms with E-state index in [0.717, 1.165) is 35.3 Å². The second kappa shape index (κ2) is 7.31. The summed E-state index contributed by atoms with van der Waals surface area (Å²) in [7, 11) is 0. The number of rotatable bonds is 7. The third-order valence-electron chi connectivity index (χ3n) is 5.06. The van der Waals surface area contributed by atoms with E-state index in [4.69, 9.17) is 10.2 Å². The lowest BCUT2D eigenvalue weighted by Gasteiger charge is -2.14. The lowest BCUT2D eigenvalue weighted by molar-refractivity contribution is 0.0752. The average molecular weight is 337 g/mol. The summed E-state index contributed by atoms with van der Waals surface area (Å²) in [4.78, 5) is 14.6. The first-order chi connectivity index (χ1) is 11.1. The van der Waals surface area contributed by atoms with Crippen LogP contribution in [-0.2, 0) is 5.75 Å². The van der Waals surface area contributed by atoms with Crippen molar-refractivity contribution in [1.82, 2.24) is 4.90 Å². The fraction of sp³-hybridized carbons (Fsp3) is 0.722. The topological polar surface area (TPSA) is 59.5 Å². The lowest BCUT2D eigenvalue weighted by atomic mass is 9.99. The van der Waals surface area contributed by atoms with Crippen molar-refractivity contribution in [2.75, 3.05) is 18.8 Å². The first kappa shape index (κ1) is 16.9. The predicted octanol–water partition coefficient (Wildman–Crippen LogP) is 3.43. The average Bonchev–Trinajstić information content (AvgIpc) is 3.20. The second-order valence-corrected chi connectivity index (χ2v) is 8.08. The minimum absolute atomic E-state index is 0.0107. The van der Waals surface area contributed by atoms with E-state index >= 15 is 0 Å². The van der Waals surface area contributed by atoms with E-state index in [2.05, 4.69) is 6.92 Å². The van der Waals surface area contributed by atoms with Crippen LogP contribution in [0.2, 0.25) is 0 Å². The van der Waals surface area contributed by atoms with Gasteiger partial charge in [0.25, 0.3) is 5.91 Å². The largest absolute Gasteiger partial charge is 0.456 e. The number of hydrogen-bond donors (Lipinski definition) is 1. The van der Waals surface area contributed by atoms with Gasteiger partial charge in [0.05, 0.1) is 0 Å². The van der Waals surface area contributed by atoms with Gasteiger partial charge in [-0.05, 0) is 49.8 Å². The highest BCUT2D eigenvalue weighted by atomic mass is 32.2. The Bertz CT molecular complexity index is 553. The minimum Gasteiger partial charge on any atom is -0.456 e. The number of carbonyl (C=O) groups excluding carboxylic acids is 1. The molecule has 1 aliphatic heterocycles. The van der Waals surface area contributed by atoms with Crippen molar-refractivity contribution in [2.45, 2.75) is 51.3 Å². The van der Waals surface area contributed by atoms with Crippen LogP contribution >= 0.6 is 11.8 Å². The van der Waals surface area contributed by atoms with E-state index in [-0.39, 0.29) is 11.9 Å². The van der Waals surface area contributed by atoms with E-state index in [9.17, 15) is 4.79 Å². The van der Waals surface area contributed by atoms with E-state index in [0.29, 0.717) is 18.2 Å². The van der Waals surface area contributed by atoms with Crippen LogP contribution in [0.15, 0.2) is 10.5 Å². The predicted molar refractivity (Wildman–Crippen MR) is 94.6 cm³/mol. The quantitative estimate of drug-likeness (QED) is 0.775. The molecule has 2 aliphatic rings. The van der Waals surface area contributed by atoms with Gasteiger partial charge in [-0.25, -0.2) is 0 Å². The Kier molecular flexibility index (Phi) is 5.37. The Morgan fingerprint density at radius 1 is 1.43 bits per heavy atom. The van der Waals surface area contributed by atoms with Crippen LogP contribution < -0.4 is 5.73 Å². The molecular weight excluding hydrogens is 308 g/mol. The third kappa shape index (κ3) is 3.94. The van der Waals surface area contributed by atoms with Crippen molar-refractivity contribution < 1.29 is 9.21 Å². The first-order valence-electron chi connectivity index (χ1n) is 8.82. The summed E-state index contributed by atoms with van der Waals surface area (Å²) in [6, 6.07) is 2.07. The summed E-state index contributed by atoms with van der Waals surface area (Å²) in [5.74, 6) is 4.68. The molecular formula is C18H28N2O2S. The summed E-state index contributed by atoms with van der Waals surface area (Å²) in [5, 5.41) is 0. The summed E-state index contributed by atoms with van der Waals surface area (Å²) in [5.41, 5.74) is 7.38. The Morgan fingerprint density at radius 2 is 2.22 bits per heavy atom. The summed E-state index contributed by atoms with van der Waals surface area (Å²) in [6.45, 7) is 5.62. The molecule has 2 heterocycles. The van der Waals surface area contributed by atoms with Gasteiger partial charge >= 0.3 is 0 Å². The van der Waals surface area contributed by atoms with Gasteiger partial charge in [-0.1, -0.05) is 13.3 Å². The molecule has 128 valence electrons. The van der Waals surface area contributed by atoms with Crippen molar-refractivity contribution in [3.63, 3.8) is 0 Å². The van der Waals surface area contributed by atoms with Gasteiger partial charge < -0.3 is 15.1 Å². The number of nitrogens with zero attached hydrogens (tertiary/aromatic N) is 1. The molecule has 3 rings (SSSR count). The van der Waals surface area contributed by atoms with Crippen LogP contribution in [0.3, 0.4) is 0 Å². The smallest absolute Gasteiger partial charge is 0.289 e. The number of hydrogen-bond acceptors (Lipinski definition) is 4. The number of nitrogens with two attached hydrogens (primary N) is 1. The van der Waals surface area contributed by atoms with Gasteiger partial charge in [0.15, 0.2) is 5.76 Å². The number of unbranched alkanes of at least 4 members (excludes halogenated alkanes) is 1. The number of amides is 1. The zero-order chi connectivity index (χ0) is 16.4. The zero-order valence-corrected chi connectivity index (χ0v) is 15.0. The van der Waals surface area contributed by atoms with Gasteiger partial charge in [0.1, 0.15) is 5.76 Å². The fourth-order valence-corrected chi connectivity index (χ4v) is 4.54. The van der Waals surface area contributed by atoms with Gasteiger partial charge in [-0.15, -0.1) is 0 Å². The monoisotopic (exact) mass is 336 g/mol. The van der Waals surface area contributed by atoms with Gasteiger partial charge in [0, 0.05) is 30.4 Å². The van der Waals surface area contributed by atoms with Gasteiger partial charge in [0.2, 0.25) is 0 Å². The molecule has 2 atom stereocenters. The van der Waals surface area contributed by atoms with E-state index < -0.39 is 0 Å². The van der Waals surface area contributed by atoms with Crippen molar-refractivity contribution in [3.05, 3.63) is 23.2 Å². The normalized spacial score (nSPS) is 24.4. The van der Waals surface area contributed by atoms with E-state index in [1.54, 1.807) is 0 Å². The molecule has 0 bridgehead atoms. The molecule has 0 aromatic carbocycles. The van der Waals surface area contributed by atoms with Crippen LogP contribution in [-0.4, -0.2) is 35.7 Å². The van der Waals surface area contributed by atoms with E-state index in [1.807, 2.05) is 29.7 Å². The van der Waals surface area contributed by atoms with Crippen molar-refractivity contribution in [3.8, 4) is 0 Å².